The van der Waals surface area contributed by atoms with E-state index in [9.17, 15) is 4.79 Å². The van der Waals surface area contributed by atoms with E-state index >= 15 is 0 Å². The van der Waals surface area contributed by atoms with Gasteiger partial charge >= 0.3 is 0 Å². The van der Waals surface area contributed by atoms with Crippen molar-refractivity contribution in [2.45, 2.75) is 26.7 Å². The molecule has 4 rings (SSSR count). The van der Waals surface area contributed by atoms with Crippen LogP contribution >= 0.6 is 24.0 Å². The molecule has 0 bridgehead atoms. The number of hydrogen-bond donors (Lipinski definition) is 1. The Hall–Kier alpha value is -2.89. The number of para-hydroxylation sites is 1. The maximum absolute atomic E-state index is 12.8. The highest BCUT2D eigenvalue weighted by atomic mass is 127. The SMILES string of the molecule is CCNC(=NCCCc1cn(-c2ccccc2)nc1C)N1CCN(c2cnn(C)c2)C(=O)C1.I. The summed E-state index contributed by atoms with van der Waals surface area (Å²) in [6, 6.07) is 10.2. The zero-order valence-electron chi connectivity index (χ0n) is 20.0. The molecule has 1 fully saturated rings. The molecule has 1 aliphatic heterocycles. The fourth-order valence-electron chi connectivity index (χ4n) is 4.01. The molecule has 0 radical (unpaired) electrons. The van der Waals surface area contributed by atoms with E-state index in [1.165, 1.54) is 5.56 Å². The van der Waals surface area contributed by atoms with Crippen LogP contribution < -0.4 is 10.2 Å². The Kier molecular flexibility index (Phi) is 9.08. The summed E-state index contributed by atoms with van der Waals surface area (Å²) in [5.41, 5.74) is 4.19. The number of carbonyl (C=O) groups excluding carboxylic acids is 1. The quantitative estimate of drug-likeness (QED) is 0.203. The van der Waals surface area contributed by atoms with Gasteiger partial charge in [-0.2, -0.15) is 10.2 Å². The fraction of sp³-hybridized carbons (Fsp3) is 0.417. The number of nitrogens with zero attached hydrogens (tertiary/aromatic N) is 7. The molecule has 0 spiro atoms. The first-order valence-electron chi connectivity index (χ1n) is 11.5. The fourth-order valence-corrected chi connectivity index (χ4v) is 4.01. The number of benzene rings is 1. The predicted octanol–water partition coefficient (Wildman–Crippen LogP) is 2.78. The number of aliphatic imine (C=N–C) groups is 1. The minimum atomic E-state index is 0. The average molecular weight is 576 g/mol. The smallest absolute Gasteiger partial charge is 0.246 e. The van der Waals surface area contributed by atoms with Crippen molar-refractivity contribution in [3.05, 3.63) is 60.2 Å². The molecule has 1 aliphatic rings. The van der Waals surface area contributed by atoms with E-state index < -0.39 is 0 Å². The second-order valence-corrected chi connectivity index (χ2v) is 8.20. The second kappa shape index (κ2) is 12.0. The van der Waals surface area contributed by atoms with Crippen molar-refractivity contribution < 1.29 is 4.79 Å². The summed E-state index contributed by atoms with van der Waals surface area (Å²) in [7, 11) is 1.86. The molecule has 2 aromatic heterocycles. The Bertz CT molecular complexity index is 1110. The second-order valence-electron chi connectivity index (χ2n) is 8.20. The van der Waals surface area contributed by atoms with Gasteiger partial charge in [-0.05, 0) is 44.4 Å². The molecule has 1 aromatic carbocycles. The van der Waals surface area contributed by atoms with Gasteiger partial charge in [-0.1, -0.05) is 18.2 Å². The van der Waals surface area contributed by atoms with E-state index in [1.807, 2.05) is 47.9 Å². The molecular weight excluding hydrogens is 543 g/mol. The summed E-state index contributed by atoms with van der Waals surface area (Å²) in [6.07, 6.45) is 7.54. The van der Waals surface area contributed by atoms with E-state index in [0.717, 1.165) is 49.0 Å². The molecule has 0 aliphatic carbocycles. The average Bonchev–Trinajstić information content (AvgIpc) is 3.42. The molecule has 1 N–H and O–H groups in total. The zero-order valence-corrected chi connectivity index (χ0v) is 22.3. The van der Waals surface area contributed by atoms with Crippen molar-refractivity contribution in [1.29, 1.82) is 0 Å². The first-order chi connectivity index (χ1) is 16.0. The molecule has 182 valence electrons. The number of anilines is 1. The topological polar surface area (TPSA) is 83.6 Å². The summed E-state index contributed by atoms with van der Waals surface area (Å²) < 4.78 is 3.65. The molecule has 1 amide bonds. The van der Waals surface area contributed by atoms with E-state index in [-0.39, 0.29) is 29.9 Å². The number of halogens is 1. The highest BCUT2D eigenvalue weighted by molar-refractivity contribution is 14.0. The zero-order chi connectivity index (χ0) is 23.2. The van der Waals surface area contributed by atoms with Gasteiger partial charge in [-0.3, -0.25) is 14.5 Å². The van der Waals surface area contributed by atoms with Crippen LogP contribution in [0.3, 0.4) is 0 Å². The summed E-state index contributed by atoms with van der Waals surface area (Å²) >= 11 is 0. The Morgan fingerprint density at radius 1 is 1.15 bits per heavy atom. The minimum Gasteiger partial charge on any atom is -0.357 e. The van der Waals surface area contributed by atoms with Crippen LogP contribution in [-0.2, 0) is 18.3 Å². The van der Waals surface area contributed by atoms with Crippen LogP contribution in [0.5, 0.6) is 0 Å². The van der Waals surface area contributed by atoms with Crippen LogP contribution in [0.4, 0.5) is 5.69 Å². The lowest BCUT2D eigenvalue weighted by Crippen LogP contribution is -2.55. The number of rotatable bonds is 7. The predicted molar refractivity (Wildman–Crippen MR) is 145 cm³/mol. The van der Waals surface area contributed by atoms with Crippen LogP contribution in [0.15, 0.2) is 53.9 Å². The van der Waals surface area contributed by atoms with Crippen LogP contribution in [0.1, 0.15) is 24.6 Å². The van der Waals surface area contributed by atoms with Crippen molar-refractivity contribution in [2.75, 3.05) is 37.6 Å². The molecule has 0 atom stereocenters. The molecular formula is C24H33IN8O. The molecule has 10 heteroatoms. The number of hydrogen-bond acceptors (Lipinski definition) is 4. The third-order valence-corrected chi connectivity index (χ3v) is 5.75. The molecule has 1 saturated heterocycles. The lowest BCUT2D eigenvalue weighted by molar-refractivity contribution is -0.120. The number of carbonyl (C=O) groups is 1. The van der Waals surface area contributed by atoms with Gasteiger partial charge in [-0.15, -0.1) is 24.0 Å². The van der Waals surface area contributed by atoms with Crippen molar-refractivity contribution >= 4 is 41.5 Å². The largest absolute Gasteiger partial charge is 0.357 e. The molecule has 34 heavy (non-hydrogen) atoms. The van der Waals surface area contributed by atoms with Crippen LogP contribution in [0.2, 0.25) is 0 Å². The van der Waals surface area contributed by atoms with Crippen molar-refractivity contribution in [3.63, 3.8) is 0 Å². The van der Waals surface area contributed by atoms with E-state index in [1.54, 1.807) is 15.8 Å². The van der Waals surface area contributed by atoms with Crippen LogP contribution in [0.25, 0.3) is 5.69 Å². The van der Waals surface area contributed by atoms with E-state index in [0.29, 0.717) is 19.6 Å². The van der Waals surface area contributed by atoms with E-state index in [2.05, 4.69) is 40.8 Å². The molecule has 0 unspecified atom stereocenters. The Labute approximate surface area is 217 Å². The Morgan fingerprint density at radius 3 is 2.62 bits per heavy atom. The summed E-state index contributed by atoms with van der Waals surface area (Å²) in [5.74, 6) is 0.859. The monoisotopic (exact) mass is 576 g/mol. The maximum atomic E-state index is 12.8. The van der Waals surface area contributed by atoms with Gasteiger partial charge in [0.05, 0.1) is 23.3 Å². The Morgan fingerprint density at radius 2 is 1.94 bits per heavy atom. The van der Waals surface area contributed by atoms with Gasteiger partial charge in [-0.25, -0.2) is 4.68 Å². The first kappa shape index (κ1) is 25.7. The lowest BCUT2D eigenvalue weighted by Gasteiger charge is -2.35. The third-order valence-electron chi connectivity index (χ3n) is 5.75. The van der Waals surface area contributed by atoms with E-state index in [4.69, 9.17) is 4.99 Å². The normalized spacial score (nSPS) is 14.3. The highest BCUT2D eigenvalue weighted by Gasteiger charge is 2.27. The van der Waals surface area contributed by atoms with Gasteiger partial charge in [0.25, 0.3) is 0 Å². The molecule has 3 heterocycles. The standard InChI is InChI=1S/C24H32N8O.HI/c1-4-25-24(30-13-14-31(23(33)18-30)22-15-27-29(3)17-22)26-12-8-9-20-16-32(28-19(20)2)21-10-6-5-7-11-21;/h5-7,10-11,15-17H,4,8-9,12-14,18H2,1-3H3,(H,25,26);1H. The molecule has 0 saturated carbocycles. The summed E-state index contributed by atoms with van der Waals surface area (Å²) in [5, 5.41) is 12.2. The van der Waals surface area contributed by atoms with Crippen LogP contribution in [-0.4, -0.2) is 69.1 Å². The van der Waals surface area contributed by atoms with Crippen LogP contribution in [0, 0.1) is 6.92 Å². The lowest BCUT2D eigenvalue weighted by atomic mass is 10.1. The molecule has 3 aromatic rings. The maximum Gasteiger partial charge on any atom is 0.246 e. The van der Waals surface area contributed by atoms with Gasteiger partial charge in [0.1, 0.15) is 6.54 Å². The molecule has 9 nitrogen and oxygen atoms in total. The first-order valence-corrected chi connectivity index (χ1v) is 11.5. The third kappa shape index (κ3) is 6.16. The van der Waals surface area contributed by atoms with Crippen molar-refractivity contribution in [1.82, 2.24) is 29.8 Å². The number of aromatic nitrogens is 4. The number of nitrogens with one attached hydrogen (secondary N) is 1. The van der Waals surface area contributed by atoms with Gasteiger partial charge < -0.3 is 15.1 Å². The van der Waals surface area contributed by atoms with Gasteiger partial charge in [0.2, 0.25) is 5.91 Å². The van der Waals surface area contributed by atoms with Crippen molar-refractivity contribution in [2.24, 2.45) is 12.0 Å². The number of piperazine rings is 1. The van der Waals surface area contributed by atoms with Crippen molar-refractivity contribution in [3.8, 4) is 5.69 Å². The number of aryl methyl sites for hydroxylation is 3. The number of guanidine groups is 1. The Balaban J connectivity index is 0.00000324. The minimum absolute atomic E-state index is 0. The van der Waals surface area contributed by atoms with Gasteiger partial charge in [0, 0.05) is 45.6 Å². The highest BCUT2D eigenvalue weighted by Crippen LogP contribution is 2.16. The van der Waals surface area contributed by atoms with Gasteiger partial charge in [0.15, 0.2) is 5.96 Å². The summed E-state index contributed by atoms with van der Waals surface area (Å²) in [6.45, 7) is 7.21. The number of amides is 1. The summed E-state index contributed by atoms with van der Waals surface area (Å²) in [4.78, 5) is 21.4.